The van der Waals surface area contributed by atoms with Crippen LogP contribution in [-0.4, -0.2) is 25.0 Å². The predicted octanol–water partition coefficient (Wildman–Crippen LogP) is 4.16. The van der Waals surface area contributed by atoms with Crippen molar-refractivity contribution in [2.45, 2.75) is 18.8 Å². The highest BCUT2D eigenvalue weighted by atomic mass is 15.1. The topological polar surface area (TPSA) is 3.24 Å². The second-order valence-electron chi connectivity index (χ2n) is 5.57. The van der Waals surface area contributed by atoms with Crippen LogP contribution in [0.15, 0.2) is 54.6 Å². The summed E-state index contributed by atoms with van der Waals surface area (Å²) in [4.78, 5) is 2.43. The molecule has 1 aliphatic rings. The third kappa shape index (κ3) is 2.87. The van der Waals surface area contributed by atoms with Crippen LogP contribution in [0.3, 0.4) is 0 Å². The van der Waals surface area contributed by atoms with Gasteiger partial charge in [-0.3, -0.25) is 0 Å². The Bertz CT molecular complexity index is 507. The number of piperidine rings is 1. The molecule has 19 heavy (non-hydrogen) atoms. The zero-order valence-electron chi connectivity index (χ0n) is 11.5. The van der Waals surface area contributed by atoms with E-state index in [1.54, 1.807) is 0 Å². The molecule has 0 amide bonds. The van der Waals surface area contributed by atoms with Crippen molar-refractivity contribution in [3.8, 4) is 11.1 Å². The minimum absolute atomic E-state index is 0.751. The smallest absolute Gasteiger partial charge is 0.00159 e. The predicted molar refractivity (Wildman–Crippen MR) is 81.4 cm³/mol. The van der Waals surface area contributed by atoms with Crippen LogP contribution in [0.5, 0.6) is 0 Å². The van der Waals surface area contributed by atoms with Crippen molar-refractivity contribution in [1.82, 2.24) is 4.90 Å². The Morgan fingerprint density at radius 1 is 0.789 bits per heavy atom. The molecule has 1 saturated heterocycles. The van der Waals surface area contributed by atoms with Gasteiger partial charge in [-0.05, 0) is 55.6 Å². The number of likely N-dealkylation sites (tertiary alicyclic amines) is 1. The summed E-state index contributed by atoms with van der Waals surface area (Å²) >= 11 is 0. The highest BCUT2D eigenvalue weighted by Crippen LogP contribution is 2.29. The van der Waals surface area contributed by atoms with Gasteiger partial charge in [-0.15, -0.1) is 0 Å². The van der Waals surface area contributed by atoms with Crippen molar-refractivity contribution in [3.63, 3.8) is 0 Å². The van der Waals surface area contributed by atoms with E-state index in [2.05, 4.69) is 66.5 Å². The maximum atomic E-state index is 2.43. The largest absolute Gasteiger partial charge is 0.306 e. The van der Waals surface area contributed by atoms with Gasteiger partial charge in [0.25, 0.3) is 0 Å². The first-order chi connectivity index (χ1) is 9.33. The van der Waals surface area contributed by atoms with Gasteiger partial charge in [0.1, 0.15) is 0 Å². The van der Waals surface area contributed by atoms with Crippen molar-refractivity contribution in [1.29, 1.82) is 0 Å². The zero-order chi connectivity index (χ0) is 13.1. The van der Waals surface area contributed by atoms with Gasteiger partial charge >= 0.3 is 0 Å². The van der Waals surface area contributed by atoms with Crippen LogP contribution in [0.2, 0.25) is 0 Å². The van der Waals surface area contributed by atoms with Crippen molar-refractivity contribution >= 4 is 0 Å². The van der Waals surface area contributed by atoms with Gasteiger partial charge in [-0.1, -0.05) is 54.6 Å². The molecule has 0 atom stereocenters. The van der Waals surface area contributed by atoms with E-state index >= 15 is 0 Å². The molecule has 2 aromatic rings. The maximum absolute atomic E-state index is 2.43. The molecule has 1 fully saturated rings. The van der Waals surface area contributed by atoms with E-state index in [9.17, 15) is 0 Å². The van der Waals surface area contributed by atoms with Gasteiger partial charge in [0.15, 0.2) is 0 Å². The lowest BCUT2D eigenvalue weighted by Crippen LogP contribution is -2.29. The Balaban J connectivity index is 1.76. The van der Waals surface area contributed by atoms with Crippen molar-refractivity contribution in [2.75, 3.05) is 20.1 Å². The average Bonchev–Trinajstić information content (AvgIpc) is 2.49. The summed E-state index contributed by atoms with van der Waals surface area (Å²) in [5.74, 6) is 0.751. The molecule has 0 bridgehead atoms. The maximum Gasteiger partial charge on any atom is -0.00159 e. The highest BCUT2D eigenvalue weighted by Gasteiger charge is 2.17. The van der Waals surface area contributed by atoms with E-state index in [1.807, 2.05) is 0 Å². The average molecular weight is 251 g/mol. The van der Waals surface area contributed by atoms with E-state index in [1.165, 1.54) is 42.6 Å². The van der Waals surface area contributed by atoms with E-state index < -0.39 is 0 Å². The van der Waals surface area contributed by atoms with Crippen molar-refractivity contribution in [2.24, 2.45) is 0 Å². The molecular formula is C18H21N. The highest BCUT2D eigenvalue weighted by molar-refractivity contribution is 5.63. The Morgan fingerprint density at radius 2 is 1.37 bits per heavy atom. The molecule has 0 spiro atoms. The standard InChI is InChI=1S/C18H21N/c1-19-13-11-18(12-14-19)17-9-7-16(8-10-17)15-5-3-2-4-6-15/h2-10,18H,11-14H2,1H3. The van der Waals surface area contributed by atoms with Crippen LogP contribution in [0.4, 0.5) is 0 Å². The second-order valence-corrected chi connectivity index (χ2v) is 5.57. The van der Waals surface area contributed by atoms with E-state index in [0.29, 0.717) is 0 Å². The fourth-order valence-electron chi connectivity index (χ4n) is 2.92. The second kappa shape index (κ2) is 5.58. The van der Waals surface area contributed by atoms with Crippen LogP contribution < -0.4 is 0 Å². The van der Waals surface area contributed by atoms with Crippen LogP contribution >= 0.6 is 0 Å². The Kier molecular flexibility index (Phi) is 3.65. The van der Waals surface area contributed by atoms with Gasteiger partial charge in [0.05, 0.1) is 0 Å². The van der Waals surface area contributed by atoms with E-state index in [-0.39, 0.29) is 0 Å². The normalized spacial score (nSPS) is 17.5. The lowest BCUT2D eigenvalue weighted by atomic mass is 9.89. The summed E-state index contributed by atoms with van der Waals surface area (Å²) in [7, 11) is 2.22. The number of rotatable bonds is 2. The molecule has 0 aliphatic carbocycles. The molecule has 1 heteroatoms. The van der Waals surface area contributed by atoms with Gasteiger partial charge in [0, 0.05) is 0 Å². The zero-order valence-corrected chi connectivity index (χ0v) is 11.5. The Morgan fingerprint density at radius 3 is 2.00 bits per heavy atom. The van der Waals surface area contributed by atoms with Crippen LogP contribution in [0.1, 0.15) is 24.3 Å². The fourth-order valence-corrected chi connectivity index (χ4v) is 2.92. The minimum atomic E-state index is 0.751. The molecule has 0 radical (unpaired) electrons. The summed E-state index contributed by atoms with van der Waals surface area (Å²) in [5, 5.41) is 0. The third-order valence-electron chi connectivity index (χ3n) is 4.21. The molecule has 0 saturated carbocycles. The van der Waals surface area contributed by atoms with Crippen LogP contribution in [0.25, 0.3) is 11.1 Å². The number of hydrogen-bond donors (Lipinski definition) is 0. The minimum Gasteiger partial charge on any atom is -0.306 e. The Hall–Kier alpha value is -1.60. The Labute approximate surface area is 115 Å². The number of benzene rings is 2. The summed E-state index contributed by atoms with van der Waals surface area (Å²) in [6.45, 7) is 2.45. The quantitative estimate of drug-likeness (QED) is 0.774. The van der Waals surface area contributed by atoms with Gasteiger partial charge < -0.3 is 4.90 Å². The monoisotopic (exact) mass is 251 g/mol. The lowest BCUT2D eigenvalue weighted by Gasteiger charge is -2.29. The van der Waals surface area contributed by atoms with Crippen molar-refractivity contribution in [3.05, 3.63) is 60.2 Å². The van der Waals surface area contributed by atoms with E-state index in [4.69, 9.17) is 0 Å². The molecule has 0 N–H and O–H groups in total. The summed E-state index contributed by atoms with van der Waals surface area (Å²) < 4.78 is 0. The van der Waals surface area contributed by atoms with Gasteiger partial charge in [0.2, 0.25) is 0 Å². The fraction of sp³-hybridized carbons (Fsp3) is 0.333. The molecule has 0 aromatic heterocycles. The molecule has 3 rings (SSSR count). The summed E-state index contributed by atoms with van der Waals surface area (Å²) in [6.07, 6.45) is 2.59. The van der Waals surface area contributed by atoms with Crippen LogP contribution in [-0.2, 0) is 0 Å². The first-order valence-electron chi connectivity index (χ1n) is 7.17. The SMILES string of the molecule is CN1CCC(c2ccc(-c3ccccc3)cc2)CC1. The van der Waals surface area contributed by atoms with Crippen LogP contribution in [0, 0.1) is 0 Å². The molecule has 1 nitrogen and oxygen atoms in total. The molecule has 1 aliphatic heterocycles. The van der Waals surface area contributed by atoms with Gasteiger partial charge in [-0.2, -0.15) is 0 Å². The molecule has 2 aromatic carbocycles. The summed E-state index contributed by atoms with van der Waals surface area (Å²) in [5.41, 5.74) is 4.13. The van der Waals surface area contributed by atoms with E-state index in [0.717, 1.165) is 5.92 Å². The first kappa shape index (κ1) is 12.4. The molecule has 98 valence electrons. The van der Waals surface area contributed by atoms with Crippen molar-refractivity contribution < 1.29 is 0 Å². The molecule has 1 heterocycles. The molecular weight excluding hydrogens is 230 g/mol. The number of nitrogens with zero attached hydrogens (tertiary/aromatic N) is 1. The van der Waals surface area contributed by atoms with Gasteiger partial charge in [-0.25, -0.2) is 0 Å². The lowest BCUT2D eigenvalue weighted by molar-refractivity contribution is 0.255. The summed E-state index contributed by atoms with van der Waals surface area (Å²) in [6, 6.07) is 19.8. The molecule has 0 unspecified atom stereocenters. The third-order valence-corrected chi connectivity index (χ3v) is 4.21. The first-order valence-corrected chi connectivity index (χ1v) is 7.17. The number of hydrogen-bond acceptors (Lipinski definition) is 1.